The monoisotopic (exact) mass is 254 g/mol. The normalized spacial score (nSPS) is 11.2. The lowest BCUT2D eigenvalue weighted by molar-refractivity contribution is 0.587. The largest absolute Gasteiger partial charge is 0.330 e. The predicted molar refractivity (Wildman–Crippen MR) is 67.3 cm³/mol. The molecule has 5 nitrogen and oxygen atoms in total. The highest BCUT2D eigenvalue weighted by molar-refractivity contribution is 6.28. The van der Waals surface area contributed by atoms with Crippen molar-refractivity contribution in [2.24, 2.45) is 7.05 Å². The summed E-state index contributed by atoms with van der Waals surface area (Å²) in [7, 11) is 1.72. The lowest BCUT2D eigenvalue weighted by Gasteiger charge is -2.01. The molecular weight excluding hydrogens is 240 g/mol. The molecule has 2 heterocycles. The fourth-order valence-electron chi connectivity index (χ4n) is 1.88. The summed E-state index contributed by atoms with van der Waals surface area (Å²) in [6.45, 7) is 2.81. The number of hydrogen-bond donors (Lipinski definition) is 0. The van der Waals surface area contributed by atoms with Gasteiger partial charge in [-0.15, -0.1) is 0 Å². The van der Waals surface area contributed by atoms with Crippen LogP contribution in [-0.2, 0) is 13.6 Å². The van der Waals surface area contributed by atoms with E-state index in [1.165, 1.54) is 0 Å². The molecule has 0 amide bonds. The maximum Gasteiger partial charge on any atom is 0.330 e. The minimum absolute atomic E-state index is 0.0623. The zero-order valence-corrected chi connectivity index (χ0v) is 10.7. The van der Waals surface area contributed by atoms with E-state index in [0.717, 1.165) is 24.8 Å². The van der Waals surface area contributed by atoms with E-state index in [9.17, 15) is 4.79 Å². The first kappa shape index (κ1) is 12.1. The molecule has 0 aromatic carbocycles. The molecule has 0 fully saturated rings. The third-order valence-electron chi connectivity index (χ3n) is 2.84. The number of nitrogens with zero attached hydrogens (tertiary/aromatic N) is 4. The minimum Gasteiger partial charge on any atom is -0.292 e. The summed E-state index contributed by atoms with van der Waals surface area (Å²) in [5.41, 5.74) is 1.28. The van der Waals surface area contributed by atoms with Crippen molar-refractivity contribution in [2.75, 3.05) is 0 Å². The summed E-state index contributed by atoms with van der Waals surface area (Å²) >= 11 is 5.77. The summed E-state index contributed by atoms with van der Waals surface area (Å²) in [5.74, 6) is 0. The van der Waals surface area contributed by atoms with Gasteiger partial charge in [-0.05, 0) is 18.0 Å². The highest BCUT2D eigenvalue weighted by Crippen LogP contribution is 2.12. The fourth-order valence-corrected chi connectivity index (χ4v) is 2.01. The van der Waals surface area contributed by atoms with E-state index >= 15 is 0 Å². The molecule has 2 rings (SSSR count). The van der Waals surface area contributed by atoms with Gasteiger partial charge in [0.25, 0.3) is 0 Å². The second-order valence-electron chi connectivity index (χ2n) is 4.05. The maximum atomic E-state index is 12.0. The molecule has 92 valence electrons. The lowest BCUT2D eigenvalue weighted by Crippen LogP contribution is -2.22. The predicted octanol–water partition coefficient (Wildman–Crippen LogP) is 1.97. The van der Waals surface area contributed by atoms with Crippen LogP contribution in [0.2, 0.25) is 5.28 Å². The van der Waals surface area contributed by atoms with Crippen molar-refractivity contribution >= 4 is 22.8 Å². The Balaban J connectivity index is 2.49. The second-order valence-corrected chi connectivity index (χ2v) is 4.39. The van der Waals surface area contributed by atoms with Crippen LogP contribution in [0.5, 0.6) is 0 Å². The fraction of sp³-hybridized carbons (Fsp3) is 0.545. The van der Waals surface area contributed by atoms with Gasteiger partial charge in [-0.2, -0.15) is 4.98 Å². The van der Waals surface area contributed by atoms with Crippen LogP contribution in [0.3, 0.4) is 0 Å². The highest BCUT2D eigenvalue weighted by atomic mass is 35.5. The Morgan fingerprint density at radius 1 is 1.41 bits per heavy atom. The van der Waals surface area contributed by atoms with Crippen molar-refractivity contribution in [1.29, 1.82) is 0 Å². The third-order valence-corrected chi connectivity index (χ3v) is 3.02. The quantitative estimate of drug-likeness (QED) is 0.619. The zero-order valence-electron chi connectivity index (χ0n) is 9.98. The Morgan fingerprint density at radius 2 is 2.18 bits per heavy atom. The molecule has 0 saturated heterocycles. The average Bonchev–Trinajstić information content (AvgIpc) is 2.54. The van der Waals surface area contributed by atoms with Gasteiger partial charge < -0.3 is 0 Å². The molecule has 0 unspecified atom stereocenters. The van der Waals surface area contributed by atoms with E-state index in [4.69, 9.17) is 11.6 Å². The Hall–Kier alpha value is -1.36. The van der Waals surface area contributed by atoms with Crippen LogP contribution in [0.4, 0.5) is 0 Å². The third kappa shape index (κ3) is 2.20. The van der Waals surface area contributed by atoms with Crippen molar-refractivity contribution in [3.05, 3.63) is 22.0 Å². The van der Waals surface area contributed by atoms with Crippen LogP contribution in [0.1, 0.15) is 26.2 Å². The van der Waals surface area contributed by atoms with E-state index in [1.807, 2.05) is 0 Å². The average molecular weight is 255 g/mol. The molecule has 0 N–H and O–H groups in total. The molecule has 0 saturated carbocycles. The molecule has 0 radical (unpaired) electrons. The zero-order chi connectivity index (χ0) is 12.4. The van der Waals surface area contributed by atoms with Crippen molar-refractivity contribution in [3.8, 4) is 0 Å². The molecule has 17 heavy (non-hydrogen) atoms. The first-order chi connectivity index (χ1) is 8.15. The van der Waals surface area contributed by atoms with Gasteiger partial charge in [-0.25, -0.2) is 9.78 Å². The number of unbranched alkanes of at least 4 members (excludes halogenated alkanes) is 2. The molecular formula is C11H15ClN4O. The highest BCUT2D eigenvalue weighted by Gasteiger charge is 2.12. The van der Waals surface area contributed by atoms with Crippen molar-refractivity contribution < 1.29 is 0 Å². The van der Waals surface area contributed by atoms with E-state index in [0.29, 0.717) is 12.2 Å². The van der Waals surface area contributed by atoms with Crippen molar-refractivity contribution in [1.82, 2.24) is 19.1 Å². The number of halogens is 1. The number of aryl methyl sites for hydroxylation is 2. The molecule has 0 spiro atoms. The standard InChI is InChI=1S/C11H15ClN4O/c1-3-4-5-6-16-9-8(15(2)11(16)17)7-13-10(12)14-9/h7H,3-6H2,1-2H3. The molecule has 0 atom stereocenters. The van der Waals surface area contributed by atoms with Gasteiger partial charge in [0.2, 0.25) is 5.28 Å². The number of hydrogen-bond acceptors (Lipinski definition) is 3. The van der Waals surface area contributed by atoms with Crippen molar-refractivity contribution in [2.45, 2.75) is 32.7 Å². The van der Waals surface area contributed by atoms with Gasteiger partial charge in [-0.3, -0.25) is 9.13 Å². The Kier molecular flexibility index (Phi) is 3.47. The van der Waals surface area contributed by atoms with Crippen LogP contribution in [0.15, 0.2) is 11.0 Å². The summed E-state index contributed by atoms with van der Waals surface area (Å²) in [6, 6.07) is 0. The lowest BCUT2D eigenvalue weighted by atomic mass is 10.2. The second kappa shape index (κ2) is 4.87. The number of aromatic nitrogens is 4. The number of rotatable bonds is 4. The molecule has 0 bridgehead atoms. The van der Waals surface area contributed by atoms with E-state index in [2.05, 4.69) is 16.9 Å². The Labute approximate surface area is 104 Å². The summed E-state index contributed by atoms with van der Waals surface area (Å²) in [6.07, 6.45) is 4.77. The topological polar surface area (TPSA) is 52.7 Å². The summed E-state index contributed by atoms with van der Waals surface area (Å²) in [4.78, 5) is 20.0. The molecule has 2 aromatic heterocycles. The van der Waals surface area contributed by atoms with Crippen molar-refractivity contribution in [3.63, 3.8) is 0 Å². The van der Waals surface area contributed by atoms with Crippen LogP contribution >= 0.6 is 11.6 Å². The van der Waals surface area contributed by atoms with Crippen LogP contribution < -0.4 is 5.69 Å². The van der Waals surface area contributed by atoms with E-state index < -0.39 is 0 Å². The SMILES string of the molecule is CCCCCn1c(=O)n(C)c2cnc(Cl)nc21. The van der Waals surface area contributed by atoms with Gasteiger partial charge in [0.15, 0.2) is 5.65 Å². The Morgan fingerprint density at radius 3 is 2.88 bits per heavy atom. The summed E-state index contributed by atoms with van der Waals surface area (Å²) in [5, 5.41) is 0.173. The molecule has 0 aliphatic carbocycles. The van der Waals surface area contributed by atoms with Crippen LogP contribution in [0, 0.1) is 0 Å². The molecule has 0 aliphatic rings. The summed E-state index contributed by atoms with van der Waals surface area (Å²) < 4.78 is 3.22. The van der Waals surface area contributed by atoms with Gasteiger partial charge in [0.05, 0.1) is 6.20 Å². The first-order valence-electron chi connectivity index (χ1n) is 5.73. The molecule has 6 heteroatoms. The van der Waals surface area contributed by atoms with Gasteiger partial charge >= 0.3 is 5.69 Å². The van der Waals surface area contributed by atoms with E-state index in [1.54, 1.807) is 22.4 Å². The first-order valence-corrected chi connectivity index (χ1v) is 6.10. The Bertz CT molecular complexity index is 587. The van der Waals surface area contributed by atoms with Crippen LogP contribution in [0.25, 0.3) is 11.2 Å². The molecule has 0 aliphatic heterocycles. The number of fused-ring (bicyclic) bond motifs is 1. The van der Waals surface area contributed by atoms with Crippen LogP contribution in [-0.4, -0.2) is 19.1 Å². The number of imidazole rings is 1. The molecule has 2 aromatic rings. The maximum absolute atomic E-state index is 12.0. The van der Waals surface area contributed by atoms with Gasteiger partial charge in [0, 0.05) is 13.6 Å². The van der Waals surface area contributed by atoms with Gasteiger partial charge in [-0.1, -0.05) is 19.8 Å². The van der Waals surface area contributed by atoms with Gasteiger partial charge in [0.1, 0.15) is 5.52 Å². The smallest absolute Gasteiger partial charge is 0.292 e. The van der Waals surface area contributed by atoms with E-state index in [-0.39, 0.29) is 11.0 Å². The minimum atomic E-state index is -0.0623.